The number of hydrogen-bond donors (Lipinski definition) is 2. The van der Waals surface area contributed by atoms with Gasteiger partial charge in [-0.15, -0.1) is 0 Å². The van der Waals surface area contributed by atoms with Crippen molar-refractivity contribution in [2.75, 3.05) is 13.2 Å². The van der Waals surface area contributed by atoms with E-state index >= 15 is 0 Å². The van der Waals surface area contributed by atoms with Gasteiger partial charge in [-0.25, -0.2) is 13.2 Å². The standard InChI is InChI=1S/C17H17BrF3NO2/c18-13-2-4-16(12(8-13)9-22-5-6-23)24-10-11-1-3-15(19)14(7-11)17(20)21/h1-4,7-8,17,22-23H,5-6,9-10H2. The molecule has 0 atom stereocenters. The van der Waals surface area contributed by atoms with E-state index in [-0.39, 0.29) is 13.2 Å². The second-order valence-electron chi connectivity index (χ2n) is 5.10. The third-order valence-corrected chi connectivity index (χ3v) is 3.81. The van der Waals surface area contributed by atoms with Gasteiger partial charge in [-0.2, -0.15) is 0 Å². The molecular weight excluding hydrogens is 387 g/mol. The summed E-state index contributed by atoms with van der Waals surface area (Å²) in [5.74, 6) is -0.335. The third kappa shape index (κ3) is 5.22. The zero-order chi connectivity index (χ0) is 17.5. The molecule has 0 spiro atoms. The molecule has 0 saturated heterocycles. The van der Waals surface area contributed by atoms with Crippen molar-refractivity contribution in [3.63, 3.8) is 0 Å². The number of hydrogen-bond acceptors (Lipinski definition) is 3. The van der Waals surface area contributed by atoms with E-state index in [0.717, 1.165) is 22.2 Å². The van der Waals surface area contributed by atoms with Crippen molar-refractivity contribution >= 4 is 15.9 Å². The van der Waals surface area contributed by atoms with Crippen LogP contribution in [0, 0.1) is 5.82 Å². The van der Waals surface area contributed by atoms with Crippen molar-refractivity contribution in [3.05, 3.63) is 63.4 Å². The van der Waals surface area contributed by atoms with Crippen molar-refractivity contribution in [1.82, 2.24) is 5.32 Å². The first-order chi connectivity index (χ1) is 11.5. The highest BCUT2D eigenvalue weighted by atomic mass is 79.9. The van der Waals surface area contributed by atoms with Gasteiger partial charge in [0.2, 0.25) is 0 Å². The van der Waals surface area contributed by atoms with Crippen LogP contribution >= 0.6 is 15.9 Å². The molecule has 0 aromatic heterocycles. The van der Waals surface area contributed by atoms with E-state index in [9.17, 15) is 13.2 Å². The molecule has 0 bridgehead atoms. The number of nitrogens with one attached hydrogen (secondary N) is 1. The van der Waals surface area contributed by atoms with Crippen LogP contribution in [-0.2, 0) is 13.2 Å². The maximum atomic E-state index is 13.3. The molecule has 0 unspecified atom stereocenters. The van der Waals surface area contributed by atoms with Gasteiger partial charge < -0.3 is 15.2 Å². The molecule has 3 nitrogen and oxygen atoms in total. The molecule has 2 N–H and O–H groups in total. The summed E-state index contributed by atoms with van der Waals surface area (Å²) in [5, 5.41) is 11.9. The summed E-state index contributed by atoms with van der Waals surface area (Å²) in [6.07, 6.45) is -2.86. The van der Waals surface area contributed by atoms with Crippen molar-refractivity contribution < 1.29 is 23.0 Å². The molecule has 0 saturated carbocycles. The summed E-state index contributed by atoms with van der Waals surface area (Å²) in [4.78, 5) is 0. The molecule has 2 rings (SSSR count). The fourth-order valence-corrected chi connectivity index (χ4v) is 2.55. The smallest absolute Gasteiger partial charge is 0.266 e. The van der Waals surface area contributed by atoms with Crippen molar-refractivity contribution in [1.29, 1.82) is 0 Å². The lowest BCUT2D eigenvalue weighted by Crippen LogP contribution is -2.18. The number of aliphatic hydroxyl groups is 1. The Hall–Kier alpha value is -1.57. The lowest BCUT2D eigenvalue weighted by Gasteiger charge is -2.13. The second-order valence-corrected chi connectivity index (χ2v) is 6.01. The first-order valence-corrected chi connectivity index (χ1v) is 8.10. The number of rotatable bonds is 8. The Kier molecular flexibility index (Phi) is 7.08. The molecule has 0 aliphatic heterocycles. The SMILES string of the molecule is OCCNCc1cc(Br)ccc1OCc1ccc(F)c(C(F)F)c1. The highest BCUT2D eigenvalue weighted by molar-refractivity contribution is 9.10. The van der Waals surface area contributed by atoms with Crippen molar-refractivity contribution in [3.8, 4) is 5.75 Å². The van der Waals surface area contributed by atoms with Gasteiger partial charge in [-0.3, -0.25) is 0 Å². The number of aliphatic hydroxyl groups excluding tert-OH is 1. The molecule has 0 fully saturated rings. The zero-order valence-electron chi connectivity index (χ0n) is 12.7. The molecule has 2 aromatic carbocycles. The summed E-state index contributed by atoms with van der Waals surface area (Å²) in [7, 11) is 0. The number of halogens is 4. The van der Waals surface area contributed by atoms with Crippen LogP contribution in [0.1, 0.15) is 23.1 Å². The fraction of sp³-hybridized carbons (Fsp3) is 0.294. The van der Waals surface area contributed by atoms with Crippen LogP contribution in [-0.4, -0.2) is 18.3 Å². The summed E-state index contributed by atoms with van der Waals surface area (Å²) in [5.41, 5.74) is 0.689. The summed E-state index contributed by atoms with van der Waals surface area (Å²) < 4.78 is 45.4. The Morgan fingerprint density at radius 1 is 1.17 bits per heavy atom. The zero-order valence-corrected chi connectivity index (χ0v) is 14.3. The Labute approximate surface area is 146 Å². The minimum Gasteiger partial charge on any atom is -0.489 e. The van der Waals surface area contributed by atoms with Crippen LogP contribution in [0.15, 0.2) is 40.9 Å². The normalized spacial score (nSPS) is 11.1. The molecule has 0 radical (unpaired) electrons. The number of ether oxygens (including phenoxy) is 1. The Balaban J connectivity index is 2.10. The Morgan fingerprint density at radius 2 is 1.96 bits per heavy atom. The average molecular weight is 404 g/mol. The van der Waals surface area contributed by atoms with Crippen LogP contribution in [0.3, 0.4) is 0 Å². The van der Waals surface area contributed by atoms with Crippen LogP contribution in [0.25, 0.3) is 0 Å². The maximum absolute atomic E-state index is 13.3. The number of alkyl halides is 2. The molecule has 0 amide bonds. The van der Waals surface area contributed by atoms with Gasteiger partial charge >= 0.3 is 0 Å². The summed E-state index contributed by atoms with van der Waals surface area (Å²) in [6.45, 7) is 1.01. The average Bonchev–Trinajstić information content (AvgIpc) is 2.55. The van der Waals surface area contributed by atoms with Gasteiger partial charge in [-0.1, -0.05) is 22.0 Å². The van der Waals surface area contributed by atoms with E-state index in [1.807, 2.05) is 6.07 Å². The minimum absolute atomic E-state index is 0.0240. The van der Waals surface area contributed by atoms with Crippen molar-refractivity contribution in [2.24, 2.45) is 0 Å². The lowest BCUT2D eigenvalue weighted by atomic mass is 10.1. The summed E-state index contributed by atoms with van der Waals surface area (Å²) >= 11 is 3.38. The predicted octanol–water partition coefficient (Wildman–Crippen LogP) is 4.19. The van der Waals surface area contributed by atoms with E-state index in [2.05, 4.69) is 21.2 Å². The molecule has 2 aromatic rings. The van der Waals surface area contributed by atoms with Crippen LogP contribution in [0.5, 0.6) is 5.75 Å². The summed E-state index contributed by atoms with van der Waals surface area (Å²) in [6, 6.07) is 8.99. The topological polar surface area (TPSA) is 41.5 Å². The highest BCUT2D eigenvalue weighted by Gasteiger charge is 2.14. The van der Waals surface area contributed by atoms with Crippen molar-refractivity contribution in [2.45, 2.75) is 19.6 Å². The predicted molar refractivity (Wildman–Crippen MR) is 88.6 cm³/mol. The van der Waals surface area contributed by atoms with Crippen LogP contribution in [0.2, 0.25) is 0 Å². The molecule has 130 valence electrons. The highest BCUT2D eigenvalue weighted by Crippen LogP contribution is 2.26. The second kappa shape index (κ2) is 9.05. The largest absolute Gasteiger partial charge is 0.489 e. The van der Waals surface area contributed by atoms with E-state index in [0.29, 0.717) is 24.4 Å². The molecular formula is C17H17BrF3NO2. The Bertz CT molecular complexity index is 683. The van der Waals surface area contributed by atoms with Crippen LogP contribution in [0.4, 0.5) is 13.2 Å². The van der Waals surface area contributed by atoms with E-state index in [1.165, 1.54) is 6.07 Å². The van der Waals surface area contributed by atoms with E-state index in [4.69, 9.17) is 9.84 Å². The molecule has 24 heavy (non-hydrogen) atoms. The van der Waals surface area contributed by atoms with E-state index in [1.54, 1.807) is 12.1 Å². The Morgan fingerprint density at radius 3 is 2.67 bits per heavy atom. The van der Waals surface area contributed by atoms with Gasteiger partial charge in [0, 0.05) is 23.1 Å². The van der Waals surface area contributed by atoms with E-state index < -0.39 is 17.8 Å². The third-order valence-electron chi connectivity index (χ3n) is 3.32. The van der Waals surface area contributed by atoms with Gasteiger partial charge in [0.25, 0.3) is 6.43 Å². The quantitative estimate of drug-likeness (QED) is 0.649. The van der Waals surface area contributed by atoms with Gasteiger partial charge in [0.1, 0.15) is 18.2 Å². The monoisotopic (exact) mass is 403 g/mol. The molecule has 0 aliphatic carbocycles. The lowest BCUT2D eigenvalue weighted by molar-refractivity contribution is 0.146. The first-order valence-electron chi connectivity index (χ1n) is 7.30. The minimum atomic E-state index is -2.86. The van der Waals surface area contributed by atoms with Gasteiger partial charge in [0.15, 0.2) is 0 Å². The first kappa shape index (κ1) is 18.8. The van der Waals surface area contributed by atoms with Gasteiger partial charge in [0.05, 0.1) is 12.2 Å². The number of benzene rings is 2. The fourth-order valence-electron chi connectivity index (χ4n) is 2.14. The molecule has 7 heteroatoms. The maximum Gasteiger partial charge on any atom is 0.266 e. The molecule has 0 heterocycles. The van der Waals surface area contributed by atoms with Crippen LogP contribution < -0.4 is 10.1 Å². The molecule has 0 aliphatic rings. The van der Waals surface area contributed by atoms with Gasteiger partial charge in [-0.05, 0) is 35.9 Å².